The maximum absolute atomic E-state index is 3.72. The first-order chi connectivity index (χ1) is 5.29. The minimum Gasteiger partial charge on any atom is -0.324 e. The van der Waals surface area contributed by atoms with Crippen LogP contribution in [0.1, 0.15) is 18.2 Å². The summed E-state index contributed by atoms with van der Waals surface area (Å²) >= 11 is 0. The molecule has 0 atom stereocenters. The summed E-state index contributed by atoms with van der Waals surface area (Å²) in [6.07, 6.45) is 7.93. The molecule has 1 aromatic heterocycles. The van der Waals surface area contributed by atoms with Gasteiger partial charge in [0.15, 0.2) is 0 Å². The highest BCUT2D eigenvalue weighted by Gasteiger charge is 1.97. The Morgan fingerprint density at radius 1 is 1.55 bits per heavy atom. The van der Waals surface area contributed by atoms with Crippen molar-refractivity contribution in [3.63, 3.8) is 0 Å². The van der Waals surface area contributed by atoms with E-state index in [2.05, 4.69) is 25.6 Å². The van der Waals surface area contributed by atoms with E-state index in [1.54, 1.807) is 0 Å². The molecule has 0 saturated carbocycles. The van der Waals surface area contributed by atoms with E-state index < -0.39 is 0 Å². The summed E-state index contributed by atoms with van der Waals surface area (Å²) in [7, 11) is 0. The third kappa shape index (κ3) is 1.43. The fourth-order valence-electron chi connectivity index (χ4n) is 1.10. The first kappa shape index (κ1) is 7.86. The number of aryl methyl sites for hydroxylation is 1. The molecule has 1 aromatic rings. The van der Waals surface area contributed by atoms with Crippen LogP contribution in [0, 0.1) is 6.92 Å². The van der Waals surface area contributed by atoms with Crippen LogP contribution < -0.4 is 0 Å². The predicted molar refractivity (Wildman–Crippen MR) is 50.3 cm³/mol. The summed E-state index contributed by atoms with van der Waals surface area (Å²) in [4.78, 5) is 0. The van der Waals surface area contributed by atoms with Crippen LogP contribution in [0.3, 0.4) is 0 Å². The van der Waals surface area contributed by atoms with Crippen molar-refractivity contribution in [2.75, 3.05) is 0 Å². The Hall–Kier alpha value is -1.24. The number of nitrogens with zero attached hydrogens (tertiary/aromatic N) is 1. The summed E-state index contributed by atoms with van der Waals surface area (Å²) < 4.78 is 2.01. The van der Waals surface area contributed by atoms with Gasteiger partial charge in [-0.05, 0) is 31.6 Å². The number of rotatable bonds is 2. The lowest BCUT2D eigenvalue weighted by Gasteiger charge is -1.97. The van der Waals surface area contributed by atoms with E-state index >= 15 is 0 Å². The molecule has 1 nitrogen and oxygen atoms in total. The zero-order valence-electron chi connectivity index (χ0n) is 7.04. The van der Waals surface area contributed by atoms with Crippen molar-refractivity contribution in [3.05, 3.63) is 36.2 Å². The van der Waals surface area contributed by atoms with Crippen molar-refractivity contribution < 1.29 is 0 Å². The van der Waals surface area contributed by atoms with Gasteiger partial charge in [-0.2, -0.15) is 0 Å². The fraction of sp³-hybridized carbons (Fsp3) is 0.200. The van der Waals surface area contributed by atoms with Crippen LogP contribution in [0.4, 0.5) is 0 Å². The Kier molecular flexibility index (Phi) is 2.32. The lowest BCUT2D eigenvalue weighted by atomic mass is 10.2. The molecule has 0 N–H and O–H groups in total. The Bertz CT molecular complexity index is 279. The smallest absolute Gasteiger partial charge is 0.0475 e. The molecule has 0 saturated heterocycles. The topological polar surface area (TPSA) is 4.93 Å². The lowest BCUT2D eigenvalue weighted by Crippen LogP contribution is -1.86. The molecule has 0 bridgehead atoms. The van der Waals surface area contributed by atoms with Gasteiger partial charge in [-0.3, -0.25) is 0 Å². The molecular formula is C10H13N. The quantitative estimate of drug-likeness (QED) is 0.606. The maximum Gasteiger partial charge on any atom is 0.0475 e. The number of hydrogen-bond donors (Lipinski definition) is 0. The van der Waals surface area contributed by atoms with Crippen molar-refractivity contribution in [2.24, 2.45) is 0 Å². The molecular weight excluding hydrogens is 134 g/mol. The van der Waals surface area contributed by atoms with Crippen molar-refractivity contribution in [2.45, 2.75) is 13.8 Å². The molecule has 0 aliphatic heterocycles. The van der Waals surface area contributed by atoms with E-state index in [0.717, 1.165) is 0 Å². The second-order valence-corrected chi connectivity index (χ2v) is 2.47. The van der Waals surface area contributed by atoms with Crippen molar-refractivity contribution in [1.82, 2.24) is 4.57 Å². The normalized spacial score (nSPS) is 10.7. The van der Waals surface area contributed by atoms with Gasteiger partial charge in [-0.1, -0.05) is 12.7 Å². The number of allylic oxidation sites excluding steroid dienone is 1. The summed E-state index contributed by atoms with van der Waals surface area (Å²) in [5.41, 5.74) is 2.49. The summed E-state index contributed by atoms with van der Waals surface area (Å²) in [5, 5.41) is 0. The lowest BCUT2D eigenvalue weighted by molar-refractivity contribution is 1.14. The van der Waals surface area contributed by atoms with Crippen LogP contribution in [-0.4, -0.2) is 4.57 Å². The van der Waals surface area contributed by atoms with Gasteiger partial charge in [0.1, 0.15) is 0 Å². The fourth-order valence-corrected chi connectivity index (χ4v) is 1.10. The van der Waals surface area contributed by atoms with Crippen LogP contribution in [0.5, 0.6) is 0 Å². The SMILES string of the molecule is C=Cn1ccc(C)c1/C=C\C. The third-order valence-corrected chi connectivity index (χ3v) is 1.69. The van der Waals surface area contributed by atoms with Gasteiger partial charge < -0.3 is 4.57 Å². The molecule has 1 rings (SSSR count). The highest BCUT2D eigenvalue weighted by molar-refractivity contribution is 5.53. The molecule has 0 radical (unpaired) electrons. The van der Waals surface area contributed by atoms with E-state index in [1.165, 1.54) is 11.3 Å². The van der Waals surface area contributed by atoms with E-state index in [9.17, 15) is 0 Å². The van der Waals surface area contributed by atoms with E-state index in [0.29, 0.717) is 0 Å². The van der Waals surface area contributed by atoms with Gasteiger partial charge in [-0.15, -0.1) is 0 Å². The van der Waals surface area contributed by atoms with Crippen LogP contribution in [0.15, 0.2) is 24.9 Å². The van der Waals surface area contributed by atoms with Crippen molar-refractivity contribution in [3.8, 4) is 0 Å². The maximum atomic E-state index is 3.72. The van der Waals surface area contributed by atoms with Crippen LogP contribution in [0.25, 0.3) is 12.3 Å². The van der Waals surface area contributed by atoms with Crippen LogP contribution in [-0.2, 0) is 0 Å². The van der Waals surface area contributed by atoms with E-state index in [1.807, 2.05) is 30.0 Å². The molecule has 1 heteroatoms. The Morgan fingerprint density at radius 2 is 2.27 bits per heavy atom. The Balaban J connectivity index is 3.17. The van der Waals surface area contributed by atoms with Gasteiger partial charge in [0.2, 0.25) is 0 Å². The number of hydrogen-bond acceptors (Lipinski definition) is 0. The predicted octanol–water partition coefficient (Wildman–Crippen LogP) is 2.93. The highest BCUT2D eigenvalue weighted by Crippen LogP contribution is 2.11. The molecule has 0 spiro atoms. The molecule has 0 amide bonds. The summed E-state index contributed by atoms with van der Waals surface area (Å²) in [6.45, 7) is 7.82. The highest BCUT2D eigenvalue weighted by atomic mass is 14.9. The average molecular weight is 147 g/mol. The number of aromatic nitrogens is 1. The third-order valence-electron chi connectivity index (χ3n) is 1.69. The van der Waals surface area contributed by atoms with Gasteiger partial charge in [0, 0.05) is 18.1 Å². The van der Waals surface area contributed by atoms with Crippen molar-refractivity contribution >= 4 is 12.3 Å². The molecule has 58 valence electrons. The molecule has 0 aliphatic carbocycles. The molecule has 0 aromatic carbocycles. The molecule has 0 unspecified atom stereocenters. The minimum absolute atomic E-state index is 1.21. The van der Waals surface area contributed by atoms with E-state index in [-0.39, 0.29) is 0 Å². The Morgan fingerprint density at radius 3 is 2.82 bits per heavy atom. The minimum atomic E-state index is 1.21. The van der Waals surface area contributed by atoms with Crippen molar-refractivity contribution in [1.29, 1.82) is 0 Å². The van der Waals surface area contributed by atoms with Crippen LogP contribution >= 0.6 is 0 Å². The monoisotopic (exact) mass is 147 g/mol. The van der Waals surface area contributed by atoms with Gasteiger partial charge in [0.25, 0.3) is 0 Å². The molecule has 1 heterocycles. The molecule has 0 aliphatic rings. The van der Waals surface area contributed by atoms with Gasteiger partial charge in [0.05, 0.1) is 0 Å². The zero-order valence-corrected chi connectivity index (χ0v) is 7.04. The van der Waals surface area contributed by atoms with Gasteiger partial charge >= 0.3 is 0 Å². The zero-order chi connectivity index (χ0) is 8.27. The van der Waals surface area contributed by atoms with Crippen LogP contribution in [0.2, 0.25) is 0 Å². The largest absolute Gasteiger partial charge is 0.324 e. The second-order valence-electron chi connectivity index (χ2n) is 2.47. The first-order valence-corrected chi connectivity index (χ1v) is 3.72. The summed E-state index contributed by atoms with van der Waals surface area (Å²) in [6, 6.07) is 2.08. The molecule has 11 heavy (non-hydrogen) atoms. The standard InChI is InChI=1S/C10H13N/c1-4-6-10-9(3)7-8-11(10)5-2/h4-8H,2H2,1,3H3/b6-4-. The Labute approximate surface area is 67.7 Å². The molecule has 0 fully saturated rings. The first-order valence-electron chi connectivity index (χ1n) is 3.72. The average Bonchev–Trinajstić information content (AvgIpc) is 2.34. The van der Waals surface area contributed by atoms with E-state index in [4.69, 9.17) is 0 Å². The second kappa shape index (κ2) is 3.24. The van der Waals surface area contributed by atoms with Gasteiger partial charge in [-0.25, -0.2) is 0 Å². The summed E-state index contributed by atoms with van der Waals surface area (Å²) in [5.74, 6) is 0.